The van der Waals surface area contributed by atoms with Crippen molar-refractivity contribution in [2.24, 2.45) is 0 Å². The molecule has 0 aliphatic rings. The van der Waals surface area contributed by atoms with Crippen LogP contribution >= 0.6 is 0 Å². The van der Waals surface area contributed by atoms with Crippen molar-refractivity contribution < 1.29 is 4.74 Å². The monoisotopic (exact) mass is 263 g/mol. The summed E-state index contributed by atoms with van der Waals surface area (Å²) in [7, 11) is 0. The highest BCUT2D eigenvalue weighted by Gasteiger charge is 2.32. The van der Waals surface area contributed by atoms with E-state index in [-0.39, 0.29) is 5.60 Å². The molecule has 0 bridgehead atoms. The minimum atomic E-state index is -0.102. The van der Waals surface area contributed by atoms with Crippen LogP contribution in [0.2, 0.25) is 0 Å². The molecule has 2 atom stereocenters. The molecule has 0 spiro atoms. The van der Waals surface area contributed by atoms with Gasteiger partial charge in [-0.3, -0.25) is 0 Å². The number of rotatable bonds is 8. The second kappa shape index (κ2) is 7.66. The zero-order valence-electron chi connectivity index (χ0n) is 13.1. The zero-order valence-corrected chi connectivity index (χ0v) is 13.1. The molecular formula is C17H29NO. The number of likely N-dealkylation sites (N-methyl/N-ethyl adjacent to an activating group) is 1. The van der Waals surface area contributed by atoms with Gasteiger partial charge in [-0.15, -0.1) is 0 Å². The summed E-state index contributed by atoms with van der Waals surface area (Å²) < 4.78 is 6.03. The number of nitrogens with one attached hydrogen (secondary N) is 1. The van der Waals surface area contributed by atoms with Crippen LogP contribution in [0.3, 0.4) is 0 Å². The van der Waals surface area contributed by atoms with Gasteiger partial charge in [0, 0.05) is 12.6 Å². The van der Waals surface area contributed by atoms with E-state index in [9.17, 15) is 0 Å². The molecule has 2 nitrogen and oxygen atoms in total. The van der Waals surface area contributed by atoms with Crippen molar-refractivity contribution in [2.45, 2.75) is 59.1 Å². The molecule has 0 amide bonds. The van der Waals surface area contributed by atoms with Gasteiger partial charge in [0.15, 0.2) is 0 Å². The van der Waals surface area contributed by atoms with Crippen LogP contribution in [-0.4, -0.2) is 24.8 Å². The maximum Gasteiger partial charge on any atom is 0.0807 e. The van der Waals surface area contributed by atoms with E-state index in [4.69, 9.17) is 4.74 Å². The summed E-state index contributed by atoms with van der Waals surface area (Å²) >= 11 is 0. The molecular weight excluding hydrogens is 234 g/mol. The number of aryl methyl sites for hydroxylation is 1. The Kier molecular flexibility index (Phi) is 6.53. The van der Waals surface area contributed by atoms with Gasteiger partial charge in [0.1, 0.15) is 0 Å². The lowest BCUT2D eigenvalue weighted by molar-refractivity contribution is -0.0546. The molecule has 0 saturated heterocycles. The van der Waals surface area contributed by atoms with Gasteiger partial charge in [-0.1, -0.05) is 43.7 Å². The van der Waals surface area contributed by atoms with Gasteiger partial charge in [0.05, 0.1) is 5.60 Å². The van der Waals surface area contributed by atoms with Gasteiger partial charge in [-0.05, 0) is 45.7 Å². The highest BCUT2D eigenvalue weighted by molar-refractivity contribution is 5.22. The summed E-state index contributed by atoms with van der Waals surface area (Å²) in [5.41, 5.74) is 2.58. The van der Waals surface area contributed by atoms with Crippen LogP contribution < -0.4 is 5.32 Å². The molecule has 0 radical (unpaired) electrons. The molecule has 0 aliphatic heterocycles. The van der Waals surface area contributed by atoms with Gasteiger partial charge in [-0.2, -0.15) is 0 Å². The second-order valence-corrected chi connectivity index (χ2v) is 5.40. The first-order valence-corrected chi connectivity index (χ1v) is 7.48. The molecule has 1 N–H and O–H groups in total. The first-order valence-electron chi connectivity index (χ1n) is 7.48. The normalized spacial score (nSPS) is 16.1. The summed E-state index contributed by atoms with van der Waals surface area (Å²) in [4.78, 5) is 0. The van der Waals surface area contributed by atoms with Crippen molar-refractivity contribution in [2.75, 3.05) is 13.2 Å². The van der Waals surface area contributed by atoms with Crippen molar-refractivity contribution in [3.63, 3.8) is 0 Å². The van der Waals surface area contributed by atoms with E-state index in [1.165, 1.54) is 11.1 Å². The molecule has 1 aromatic carbocycles. The van der Waals surface area contributed by atoms with E-state index in [1.54, 1.807) is 0 Å². The average Bonchev–Trinajstić information content (AvgIpc) is 2.41. The Morgan fingerprint density at radius 1 is 1.16 bits per heavy atom. The van der Waals surface area contributed by atoms with Crippen molar-refractivity contribution in [3.8, 4) is 0 Å². The smallest absolute Gasteiger partial charge is 0.0807 e. The van der Waals surface area contributed by atoms with E-state index in [1.807, 2.05) is 0 Å². The highest BCUT2D eigenvalue weighted by atomic mass is 16.5. The summed E-state index contributed by atoms with van der Waals surface area (Å²) in [6.45, 7) is 12.5. The standard InChI is InChI=1S/C17H29NO/c1-6-17(5,19-8-3)16(18-7-2)13-15-11-9-14(4)10-12-15/h9-12,16,18H,6-8,13H2,1-5H3. The van der Waals surface area contributed by atoms with Crippen LogP contribution in [0.25, 0.3) is 0 Å². The first-order chi connectivity index (χ1) is 9.05. The van der Waals surface area contributed by atoms with Crippen LogP contribution in [0.15, 0.2) is 24.3 Å². The molecule has 0 aliphatic carbocycles. The lowest BCUT2D eigenvalue weighted by atomic mass is 9.88. The Labute approximate surface area is 118 Å². The fourth-order valence-electron chi connectivity index (χ4n) is 2.49. The van der Waals surface area contributed by atoms with Gasteiger partial charge >= 0.3 is 0 Å². The summed E-state index contributed by atoms with van der Waals surface area (Å²) in [6, 6.07) is 9.17. The quantitative estimate of drug-likeness (QED) is 0.772. The first kappa shape index (κ1) is 16.2. The lowest BCUT2D eigenvalue weighted by Crippen LogP contribution is -2.51. The molecule has 108 valence electrons. The lowest BCUT2D eigenvalue weighted by Gasteiger charge is -2.37. The van der Waals surface area contributed by atoms with Crippen LogP contribution in [0.5, 0.6) is 0 Å². The molecule has 2 heteroatoms. The Balaban J connectivity index is 2.84. The van der Waals surface area contributed by atoms with Crippen molar-refractivity contribution in [3.05, 3.63) is 35.4 Å². The minimum absolute atomic E-state index is 0.102. The fourth-order valence-corrected chi connectivity index (χ4v) is 2.49. The maximum absolute atomic E-state index is 6.03. The third-order valence-electron chi connectivity index (χ3n) is 3.92. The number of benzene rings is 1. The summed E-state index contributed by atoms with van der Waals surface area (Å²) in [5, 5.41) is 3.60. The second-order valence-electron chi connectivity index (χ2n) is 5.40. The number of ether oxygens (including phenoxy) is 1. The Morgan fingerprint density at radius 2 is 1.79 bits per heavy atom. The summed E-state index contributed by atoms with van der Waals surface area (Å²) in [6.07, 6.45) is 2.03. The fraction of sp³-hybridized carbons (Fsp3) is 0.647. The third kappa shape index (κ3) is 4.63. The zero-order chi connectivity index (χ0) is 14.3. The predicted octanol–water partition coefficient (Wildman–Crippen LogP) is 3.72. The minimum Gasteiger partial charge on any atom is -0.374 e. The van der Waals surface area contributed by atoms with E-state index < -0.39 is 0 Å². The van der Waals surface area contributed by atoms with Gasteiger partial charge in [-0.25, -0.2) is 0 Å². The van der Waals surface area contributed by atoms with E-state index in [2.05, 4.69) is 64.2 Å². The predicted molar refractivity (Wildman–Crippen MR) is 82.7 cm³/mol. The van der Waals surface area contributed by atoms with E-state index in [0.717, 1.165) is 26.0 Å². The SMILES string of the molecule is CCNC(Cc1ccc(C)cc1)C(C)(CC)OCC. The van der Waals surface area contributed by atoms with Crippen molar-refractivity contribution in [1.82, 2.24) is 5.32 Å². The molecule has 1 aromatic rings. The average molecular weight is 263 g/mol. The van der Waals surface area contributed by atoms with Gasteiger partial charge in [0.2, 0.25) is 0 Å². The molecule has 19 heavy (non-hydrogen) atoms. The summed E-state index contributed by atoms with van der Waals surface area (Å²) in [5.74, 6) is 0. The molecule has 0 heterocycles. The highest BCUT2D eigenvalue weighted by Crippen LogP contribution is 2.23. The van der Waals surface area contributed by atoms with Crippen molar-refractivity contribution in [1.29, 1.82) is 0 Å². The molecule has 0 saturated carbocycles. The van der Waals surface area contributed by atoms with Crippen LogP contribution in [0.1, 0.15) is 45.2 Å². The van der Waals surface area contributed by atoms with E-state index >= 15 is 0 Å². The van der Waals surface area contributed by atoms with Crippen LogP contribution in [0.4, 0.5) is 0 Å². The van der Waals surface area contributed by atoms with Crippen LogP contribution in [0, 0.1) is 6.92 Å². The largest absolute Gasteiger partial charge is 0.374 e. The topological polar surface area (TPSA) is 21.3 Å². The molecule has 1 rings (SSSR count). The number of hydrogen-bond donors (Lipinski definition) is 1. The third-order valence-corrected chi connectivity index (χ3v) is 3.92. The number of hydrogen-bond acceptors (Lipinski definition) is 2. The van der Waals surface area contributed by atoms with Crippen molar-refractivity contribution >= 4 is 0 Å². The molecule has 0 fully saturated rings. The molecule has 2 unspecified atom stereocenters. The van der Waals surface area contributed by atoms with Gasteiger partial charge in [0.25, 0.3) is 0 Å². The van der Waals surface area contributed by atoms with Crippen LogP contribution in [-0.2, 0) is 11.2 Å². The van der Waals surface area contributed by atoms with E-state index in [0.29, 0.717) is 6.04 Å². The Morgan fingerprint density at radius 3 is 2.26 bits per heavy atom. The maximum atomic E-state index is 6.03. The Hall–Kier alpha value is -0.860. The Bertz CT molecular complexity index is 360. The molecule has 0 aromatic heterocycles. The van der Waals surface area contributed by atoms with Gasteiger partial charge < -0.3 is 10.1 Å².